The van der Waals surface area contributed by atoms with Crippen LogP contribution in [0.15, 0.2) is 29.1 Å². The van der Waals surface area contributed by atoms with Gasteiger partial charge < -0.3 is 10.3 Å². The van der Waals surface area contributed by atoms with E-state index in [1.165, 1.54) is 18.4 Å². The fourth-order valence-electron chi connectivity index (χ4n) is 2.04. The van der Waals surface area contributed by atoms with Crippen molar-refractivity contribution >= 4 is 10.9 Å². The van der Waals surface area contributed by atoms with E-state index in [-0.39, 0.29) is 5.56 Å². The van der Waals surface area contributed by atoms with Gasteiger partial charge in [-0.3, -0.25) is 4.79 Å². The molecule has 1 aromatic heterocycles. The molecule has 3 heteroatoms. The summed E-state index contributed by atoms with van der Waals surface area (Å²) < 4.78 is 0. The summed E-state index contributed by atoms with van der Waals surface area (Å²) in [5.74, 6) is 0. The highest BCUT2D eigenvalue weighted by molar-refractivity contribution is 5.79. The van der Waals surface area contributed by atoms with Crippen LogP contribution in [-0.4, -0.2) is 11.0 Å². The maximum absolute atomic E-state index is 11.9. The minimum Gasteiger partial charge on any atom is -0.322 e. The van der Waals surface area contributed by atoms with Gasteiger partial charge in [-0.2, -0.15) is 0 Å². The van der Waals surface area contributed by atoms with E-state index in [0.29, 0.717) is 12.6 Å². The van der Waals surface area contributed by atoms with Crippen LogP contribution in [0.5, 0.6) is 0 Å². The summed E-state index contributed by atoms with van der Waals surface area (Å²) >= 11 is 0. The lowest BCUT2D eigenvalue weighted by molar-refractivity contribution is 0.683. The van der Waals surface area contributed by atoms with E-state index in [2.05, 4.69) is 23.3 Å². The molecule has 0 bridgehead atoms. The Hall–Kier alpha value is -1.61. The normalized spacial score (nSPS) is 15.4. The molecule has 0 unspecified atom stereocenters. The third-order valence-electron chi connectivity index (χ3n) is 3.24. The predicted octanol–water partition coefficient (Wildman–Crippen LogP) is 2.09. The van der Waals surface area contributed by atoms with Crippen molar-refractivity contribution in [2.24, 2.45) is 0 Å². The van der Waals surface area contributed by atoms with E-state index in [9.17, 15) is 4.79 Å². The summed E-state index contributed by atoms with van der Waals surface area (Å²) in [5.41, 5.74) is 2.98. The SMILES string of the molecule is Cc1ccc2[nH]c(=O)c(CNC3CC3)cc2c1. The van der Waals surface area contributed by atoms with Gasteiger partial charge in [0.05, 0.1) is 0 Å². The van der Waals surface area contributed by atoms with Crippen LogP contribution in [-0.2, 0) is 6.54 Å². The van der Waals surface area contributed by atoms with E-state index < -0.39 is 0 Å². The number of pyridine rings is 1. The molecule has 0 amide bonds. The van der Waals surface area contributed by atoms with E-state index in [1.54, 1.807) is 0 Å². The van der Waals surface area contributed by atoms with Crippen LogP contribution in [0.1, 0.15) is 24.0 Å². The molecule has 1 aliphatic carbocycles. The minimum absolute atomic E-state index is 0.0227. The molecule has 0 aliphatic heterocycles. The van der Waals surface area contributed by atoms with Crippen LogP contribution in [0.3, 0.4) is 0 Å². The average Bonchev–Trinajstić information content (AvgIpc) is 3.11. The highest BCUT2D eigenvalue weighted by Crippen LogP contribution is 2.19. The number of hydrogen-bond donors (Lipinski definition) is 2. The fourth-order valence-corrected chi connectivity index (χ4v) is 2.04. The number of fused-ring (bicyclic) bond motifs is 1. The summed E-state index contributed by atoms with van der Waals surface area (Å²) in [6.07, 6.45) is 2.48. The number of aromatic amines is 1. The van der Waals surface area contributed by atoms with Crippen LogP contribution >= 0.6 is 0 Å². The molecule has 17 heavy (non-hydrogen) atoms. The van der Waals surface area contributed by atoms with Gasteiger partial charge >= 0.3 is 0 Å². The highest BCUT2D eigenvalue weighted by Gasteiger charge is 2.20. The van der Waals surface area contributed by atoms with Crippen LogP contribution in [0, 0.1) is 6.92 Å². The van der Waals surface area contributed by atoms with E-state index >= 15 is 0 Å². The van der Waals surface area contributed by atoms with Gasteiger partial charge in [-0.15, -0.1) is 0 Å². The molecule has 3 nitrogen and oxygen atoms in total. The Morgan fingerprint density at radius 3 is 2.94 bits per heavy atom. The first-order valence-electron chi connectivity index (χ1n) is 6.08. The molecule has 1 saturated carbocycles. The molecule has 1 aromatic carbocycles. The summed E-state index contributed by atoms with van der Waals surface area (Å²) in [5, 5.41) is 4.48. The quantitative estimate of drug-likeness (QED) is 0.845. The number of nitrogens with one attached hydrogen (secondary N) is 2. The standard InChI is InChI=1S/C14H16N2O/c1-9-2-5-13-10(6-9)7-11(14(17)16-13)8-15-12-3-4-12/h2,5-7,12,15H,3-4,8H2,1H3,(H,16,17). The molecule has 0 radical (unpaired) electrons. The number of H-pyrrole nitrogens is 1. The number of benzene rings is 1. The number of aryl methyl sites for hydroxylation is 1. The molecule has 0 saturated heterocycles. The first-order valence-corrected chi connectivity index (χ1v) is 6.08. The van der Waals surface area contributed by atoms with Gasteiger partial charge in [0.25, 0.3) is 5.56 Å². The Balaban J connectivity index is 1.98. The van der Waals surface area contributed by atoms with Crippen LogP contribution in [0.4, 0.5) is 0 Å². The van der Waals surface area contributed by atoms with Gasteiger partial charge in [0, 0.05) is 23.7 Å². The lowest BCUT2D eigenvalue weighted by Gasteiger charge is -2.05. The monoisotopic (exact) mass is 228 g/mol. The number of aromatic nitrogens is 1. The van der Waals surface area contributed by atoms with Crippen molar-refractivity contribution in [1.82, 2.24) is 10.3 Å². The van der Waals surface area contributed by atoms with Gasteiger partial charge in [-0.1, -0.05) is 11.6 Å². The molecule has 0 spiro atoms. The van der Waals surface area contributed by atoms with Gasteiger partial charge in [0.15, 0.2) is 0 Å². The summed E-state index contributed by atoms with van der Waals surface area (Å²) in [6.45, 7) is 2.73. The largest absolute Gasteiger partial charge is 0.322 e. The second-order valence-corrected chi connectivity index (χ2v) is 4.87. The third kappa shape index (κ3) is 2.24. The molecule has 1 heterocycles. The molecular weight excluding hydrogens is 212 g/mol. The Labute approximate surface area is 99.9 Å². The molecular formula is C14H16N2O. The van der Waals surface area contributed by atoms with Gasteiger partial charge in [0.2, 0.25) is 0 Å². The summed E-state index contributed by atoms with van der Waals surface area (Å²) in [6, 6.07) is 8.70. The second-order valence-electron chi connectivity index (χ2n) is 4.87. The Kier molecular flexibility index (Phi) is 2.48. The third-order valence-corrected chi connectivity index (χ3v) is 3.24. The zero-order valence-electron chi connectivity index (χ0n) is 9.92. The maximum Gasteiger partial charge on any atom is 0.252 e. The predicted molar refractivity (Wildman–Crippen MR) is 69.2 cm³/mol. The van der Waals surface area contributed by atoms with Crippen molar-refractivity contribution in [1.29, 1.82) is 0 Å². The Morgan fingerprint density at radius 2 is 2.18 bits per heavy atom. The van der Waals surface area contributed by atoms with Crippen molar-refractivity contribution in [3.05, 3.63) is 45.7 Å². The smallest absolute Gasteiger partial charge is 0.252 e. The second kappa shape index (κ2) is 4.00. The van der Waals surface area contributed by atoms with Crippen molar-refractivity contribution in [3.8, 4) is 0 Å². The van der Waals surface area contributed by atoms with Crippen LogP contribution in [0.25, 0.3) is 10.9 Å². The zero-order chi connectivity index (χ0) is 11.8. The van der Waals surface area contributed by atoms with Crippen molar-refractivity contribution < 1.29 is 0 Å². The topological polar surface area (TPSA) is 44.9 Å². The van der Waals surface area contributed by atoms with Crippen LogP contribution in [0.2, 0.25) is 0 Å². The van der Waals surface area contributed by atoms with Crippen molar-refractivity contribution in [3.63, 3.8) is 0 Å². The number of rotatable bonds is 3. The fraction of sp³-hybridized carbons (Fsp3) is 0.357. The van der Waals surface area contributed by atoms with Gasteiger partial charge in [0.1, 0.15) is 0 Å². The molecule has 0 atom stereocenters. The molecule has 2 N–H and O–H groups in total. The summed E-state index contributed by atoms with van der Waals surface area (Å²) in [4.78, 5) is 14.8. The lowest BCUT2D eigenvalue weighted by Crippen LogP contribution is -2.22. The molecule has 1 fully saturated rings. The van der Waals surface area contributed by atoms with Crippen LogP contribution < -0.4 is 10.9 Å². The average molecular weight is 228 g/mol. The van der Waals surface area contributed by atoms with E-state index in [1.807, 2.05) is 18.2 Å². The molecule has 1 aliphatic rings. The highest BCUT2D eigenvalue weighted by atomic mass is 16.1. The zero-order valence-corrected chi connectivity index (χ0v) is 9.92. The molecule has 88 valence electrons. The molecule has 2 aromatic rings. The van der Waals surface area contributed by atoms with Gasteiger partial charge in [-0.05, 0) is 43.4 Å². The first kappa shape index (κ1) is 10.5. The van der Waals surface area contributed by atoms with E-state index in [4.69, 9.17) is 0 Å². The lowest BCUT2D eigenvalue weighted by atomic mass is 10.1. The molecule has 3 rings (SSSR count). The van der Waals surface area contributed by atoms with E-state index in [0.717, 1.165) is 16.5 Å². The number of hydrogen-bond acceptors (Lipinski definition) is 2. The van der Waals surface area contributed by atoms with Crippen molar-refractivity contribution in [2.75, 3.05) is 0 Å². The Bertz CT molecular complexity index is 611. The van der Waals surface area contributed by atoms with Crippen molar-refractivity contribution in [2.45, 2.75) is 32.4 Å². The first-order chi connectivity index (χ1) is 8.22. The van der Waals surface area contributed by atoms with Gasteiger partial charge in [-0.25, -0.2) is 0 Å². The minimum atomic E-state index is 0.0227. The Morgan fingerprint density at radius 1 is 1.35 bits per heavy atom. The summed E-state index contributed by atoms with van der Waals surface area (Å²) in [7, 11) is 0. The maximum atomic E-state index is 11.9.